The lowest BCUT2D eigenvalue weighted by molar-refractivity contribution is -0.0623. The molecule has 0 amide bonds. The number of hydrogen-bond acceptors (Lipinski definition) is 3. The Bertz CT molecular complexity index is 186. The first-order valence-electron chi connectivity index (χ1n) is 6.25. The van der Waals surface area contributed by atoms with Crippen LogP contribution in [-0.2, 0) is 4.74 Å². The molecular weight excluding hydrogens is 188 g/mol. The van der Waals surface area contributed by atoms with E-state index in [4.69, 9.17) is 10.5 Å². The molecule has 3 nitrogen and oxygen atoms in total. The molecule has 0 bridgehead atoms. The average Bonchev–Trinajstić information content (AvgIpc) is 2.25. The second-order valence-corrected chi connectivity index (χ2v) is 4.64. The van der Waals surface area contributed by atoms with Crippen molar-refractivity contribution in [3.63, 3.8) is 0 Å². The van der Waals surface area contributed by atoms with Crippen molar-refractivity contribution >= 4 is 0 Å². The average molecular weight is 214 g/mol. The van der Waals surface area contributed by atoms with Crippen LogP contribution in [0.5, 0.6) is 0 Å². The summed E-state index contributed by atoms with van der Waals surface area (Å²) in [6.45, 7) is 10.5. The quantitative estimate of drug-likeness (QED) is 0.755. The Morgan fingerprint density at radius 1 is 1.47 bits per heavy atom. The van der Waals surface area contributed by atoms with Gasteiger partial charge in [-0.1, -0.05) is 13.8 Å². The normalized spacial score (nSPS) is 32.2. The number of ether oxygens (including phenoxy) is 1. The summed E-state index contributed by atoms with van der Waals surface area (Å²) in [5, 5.41) is 0. The molecule has 2 unspecified atom stereocenters. The van der Waals surface area contributed by atoms with Crippen LogP contribution >= 0.6 is 0 Å². The van der Waals surface area contributed by atoms with Crippen LogP contribution in [0.1, 0.15) is 40.0 Å². The van der Waals surface area contributed by atoms with Crippen LogP contribution in [0.4, 0.5) is 0 Å². The lowest BCUT2D eigenvalue weighted by Crippen LogP contribution is -2.58. The van der Waals surface area contributed by atoms with E-state index in [1.165, 1.54) is 6.42 Å². The van der Waals surface area contributed by atoms with E-state index >= 15 is 0 Å². The molecule has 1 aliphatic rings. The second kappa shape index (κ2) is 5.83. The molecule has 90 valence electrons. The lowest BCUT2D eigenvalue weighted by atomic mass is 9.85. The van der Waals surface area contributed by atoms with Gasteiger partial charge in [0.05, 0.1) is 6.10 Å². The summed E-state index contributed by atoms with van der Waals surface area (Å²) < 4.78 is 5.63. The van der Waals surface area contributed by atoms with Gasteiger partial charge in [-0.15, -0.1) is 0 Å². The van der Waals surface area contributed by atoms with Crippen molar-refractivity contribution in [2.24, 2.45) is 5.73 Å². The van der Waals surface area contributed by atoms with Crippen LogP contribution in [0.3, 0.4) is 0 Å². The van der Waals surface area contributed by atoms with Gasteiger partial charge in [-0.05, 0) is 39.3 Å². The Balaban J connectivity index is 2.71. The predicted octanol–water partition coefficient (Wildman–Crippen LogP) is 1.61. The van der Waals surface area contributed by atoms with E-state index in [-0.39, 0.29) is 5.54 Å². The first-order valence-corrected chi connectivity index (χ1v) is 6.25. The molecule has 0 aliphatic carbocycles. The highest BCUT2D eigenvalue weighted by Gasteiger charge is 2.38. The van der Waals surface area contributed by atoms with Gasteiger partial charge in [-0.3, -0.25) is 4.90 Å². The molecule has 0 radical (unpaired) electrons. The summed E-state index contributed by atoms with van der Waals surface area (Å²) in [6.07, 6.45) is 3.72. The maximum atomic E-state index is 6.01. The summed E-state index contributed by atoms with van der Waals surface area (Å²) in [4.78, 5) is 2.55. The van der Waals surface area contributed by atoms with Crippen molar-refractivity contribution in [2.45, 2.75) is 51.7 Å². The largest absolute Gasteiger partial charge is 0.378 e. The molecule has 2 atom stereocenters. The fourth-order valence-electron chi connectivity index (χ4n) is 2.75. The molecule has 0 aromatic carbocycles. The van der Waals surface area contributed by atoms with E-state index in [1.807, 2.05) is 0 Å². The SMILES string of the molecule is CCCN(CC)C1(CN)CCOC(C)C1. The zero-order valence-corrected chi connectivity index (χ0v) is 10.5. The van der Waals surface area contributed by atoms with Crippen molar-refractivity contribution in [2.75, 3.05) is 26.2 Å². The van der Waals surface area contributed by atoms with Crippen molar-refractivity contribution in [3.8, 4) is 0 Å². The molecule has 1 aliphatic heterocycles. The molecule has 15 heavy (non-hydrogen) atoms. The molecule has 1 heterocycles. The Hall–Kier alpha value is -0.120. The highest BCUT2D eigenvalue weighted by molar-refractivity contribution is 4.95. The Morgan fingerprint density at radius 2 is 2.20 bits per heavy atom. The highest BCUT2D eigenvalue weighted by Crippen LogP contribution is 2.30. The van der Waals surface area contributed by atoms with Gasteiger partial charge in [-0.25, -0.2) is 0 Å². The second-order valence-electron chi connectivity index (χ2n) is 4.64. The molecular formula is C12H26N2O. The van der Waals surface area contributed by atoms with Crippen LogP contribution in [0.2, 0.25) is 0 Å². The van der Waals surface area contributed by atoms with Gasteiger partial charge in [0.1, 0.15) is 0 Å². The maximum absolute atomic E-state index is 6.01. The van der Waals surface area contributed by atoms with Crippen LogP contribution in [-0.4, -0.2) is 42.8 Å². The third kappa shape index (κ3) is 2.92. The summed E-state index contributed by atoms with van der Waals surface area (Å²) >= 11 is 0. The maximum Gasteiger partial charge on any atom is 0.0565 e. The monoisotopic (exact) mass is 214 g/mol. The first kappa shape index (κ1) is 12.9. The minimum atomic E-state index is 0.197. The summed E-state index contributed by atoms with van der Waals surface area (Å²) in [7, 11) is 0. The molecule has 1 fully saturated rings. The summed E-state index contributed by atoms with van der Waals surface area (Å²) in [6, 6.07) is 0. The minimum absolute atomic E-state index is 0.197. The van der Waals surface area contributed by atoms with Gasteiger partial charge < -0.3 is 10.5 Å². The van der Waals surface area contributed by atoms with Gasteiger partial charge in [0, 0.05) is 18.7 Å². The summed E-state index contributed by atoms with van der Waals surface area (Å²) in [5.74, 6) is 0. The summed E-state index contributed by atoms with van der Waals surface area (Å²) in [5.41, 5.74) is 6.21. The number of rotatable bonds is 5. The van der Waals surface area contributed by atoms with Gasteiger partial charge >= 0.3 is 0 Å². The van der Waals surface area contributed by atoms with Crippen LogP contribution in [0.15, 0.2) is 0 Å². The van der Waals surface area contributed by atoms with Gasteiger partial charge in [0.2, 0.25) is 0 Å². The van der Waals surface area contributed by atoms with Crippen LogP contribution in [0.25, 0.3) is 0 Å². The van der Waals surface area contributed by atoms with Crippen LogP contribution in [0, 0.1) is 0 Å². The van der Waals surface area contributed by atoms with Gasteiger partial charge in [0.25, 0.3) is 0 Å². The molecule has 1 saturated heterocycles. The molecule has 0 aromatic heterocycles. The smallest absolute Gasteiger partial charge is 0.0565 e. The Labute approximate surface area is 94.0 Å². The highest BCUT2D eigenvalue weighted by atomic mass is 16.5. The number of nitrogens with zero attached hydrogens (tertiary/aromatic N) is 1. The molecule has 0 saturated carbocycles. The predicted molar refractivity (Wildman–Crippen MR) is 64.0 cm³/mol. The number of hydrogen-bond donors (Lipinski definition) is 1. The van der Waals surface area contributed by atoms with E-state index in [9.17, 15) is 0 Å². The number of nitrogens with two attached hydrogens (primary N) is 1. The zero-order chi connectivity index (χ0) is 11.3. The van der Waals surface area contributed by atoms with Crippen molar-refractivity contribution in [1.29, 1.82) is 0 Å². The standard InChI is InChI=1S/C12H26N2O/c1-4-7-14(5-2)12(10-13)6-8-15-11(3)9-12/h11H,4-10,13H2,1-3H3. The van der Waals surface area contributed by atoms with E-state index in [0.29, 0.717) is 6.10 Å². The molecule has 2 N–H and O–H groups in total. The fourth-order valence-corrected chi connectivity index (χ4v) is 2.75. The first-order chi connectivity index (χ1) is 7.18. The molecule has 3 heteroatoms. The van der Waals surface area contributed by atoms with Gasteiger partial charge in [-0.2, -0.15) is 0 Å². The minimum Gasteiger partial charge on any atom is -0.378 e. The Kier molecular flexibility index (Phi) is 5.03. The van der Waals surface area contributed by atoms with E-state index < -0.39 is 0 Å². The molecule has 1 rings (SSSR count). The molecule has 0 aromatic rings. The number of likely N-dealkylation sites (N-methyl/N-ethyl adjacent to an activating group) is 1. The third-order valence-electron chi connectivity index (χ3n) is 3.56. The van der Waals surface area contributed by atoms with E-state index in [1.54, 1.807) is 0 Å². The van der Waals surface area contributed by atoms with Crippen molar-refractivity contribution in [3.05, 3.63) is 0 Å². The Morgan fingerprint density at radius 3 is 2.67 bits per heavy atom. The van der Waals surface area contributed by atoms with E-state index in [2.05, 4.69) is 25.7 Å². The van der Waals surface area contributed by atoms with Crippen molar-refractivity contribution in [1.82, 2.24) is 4.90 Å². The fraction of sp³-hybridized carbons (Fsp3) is 1.00. The van der Waals surface area contributed by atoms with E-state index in [0.717, 1.165) is 39.1 Å². The van der Waals surface area contributed by atoms with Gasteiger partial charge in [0.15, 0.2) is 0 Å². The zero-order valence-electron chi connectivity index (χ0n) is 10.5. The van der Waals surface area contributed by atoms with Crippen molar-refractivity contribution < 1.29 is 4.74 Å². The van der Waals surface area contributed by atoms with Crippen LogP contribution < -0.4 is 5.73 Å². The topological polar surface area (TPSA) is 38.5 Å². The third-order valence-corrected chi connectivity index (χ3v) is 3.56. The molecule has 0 spiro atoms. The lowest BCUT2D eigenvalue weighted by Gasteiger charge is -2.47.